The third-order valence-electron chi connectivity index (χ3n) is 4.71. The number of hydrogen-bond donors (Lipinski definition) is 1. The van der Waals surface area contributed by atoms with Crippen molar-refractivity contribution < 1.29 is 9.18 Å². The van der Waals surface area contributed by atoms with Crippen LogP contribution in [0.2, 0.25) is 0 Å². The van der Waals surface area contributed by atoms with Crippen LogP contribution in [-0.4, -0.2) is 21.5 Å². The topological polar surface area (TPSA) is 46.9 Å². The minimum absolute atomic E-state index is 0.0367. The summed E-state index contributed by atoms with van der Waals surface area (Å²) in [5.74, 6) is 1.27. The monoisotopic (exact) mass is 299 g/mol. The number of rotatable bonds is 3. The summed E-state index contributed by atoms with van der Waals surface area (Å²) in [6.45, 7) is 0.801. The lowest BCUT2D eigenvalue weighted by Crippen LogP contribution is -2.41. The SMILES string of the molecule is O=C(N[C@@H]1CCc2nccn2C1)[C@@H]1C[C@H]1c1ccc(F)cc1. The zero-order valence-corrected chi connectivity index (χ0v) is 12.2. The molecule has 114 valence electrons. The Labute approximate surface area is 128 Å². The molecule has 22 heavy (non-hydrogen) atoms. The molecule has 4 nitrogen and oxygen atoms in total. The van der Waals surface area contributed by atoms with Crippen molar-refractivity contribution in [3.05, 3.63) is 53.9 Å². The average Bonchev–Trinajstić information content (AvgIpc) is 3.18. The van der Waals surface area contributed by atoms with Crippen molar-refractivity contribution in [3.8, 4) is 0 Å². The predicted octanol–water partition coefficient (Wildman–Crippen LogP) is 2.26. The van der Waals surface area contributed by atoms with Gasteiger partial charge in [0.15, 0.2) is 0 Å². The van der Waals surface area contributed by atoms with Crippen LogP contribution in [0.5, 0.6) is 0 Å². The maximum atomic E-state index is 12.9. The van der Waals surface area contributed by atoms with Gasteiger partial charge in [0, 0.05) is 37.3 Å². The smallest absolute Gasteiger partial charge is 0.224 e. The van der Waals surface area contributed by atoms with Crippen molar-refractivity contribution in [3.63, 3.8) is 0 Å². The molecule has 1 aliphatic carbocycles. The Morgan fingerprint density at radius 2 is 2.14 bits per heavy atom. The van der Waals surface area contributed by atoms with Gasteiger partial charge in [-0.1, -0.05) is 12.1 Å². The molecule has 1 N–H and O–H groups in total. The number of aromatic nitrogens is 2. The number of halogens is 1. The minimum Gasteiger partial charge on any atom is -0.351 e. The maximum absolute atomic E-state index is 12.9. The second-order valence-electron chi connectivity index (χ2n) is 6.24. The van der Waals surface area contributed by atoms with Crippen molar-refractivity contribution in [1.82, 2.24) is 14.9 Å². The van der Waals surface area contributed by atoms with Crippen molar-refractivity contribution in [2.45, 2.75) is 37.8 Å². The molecule has 0 bridgehead atoms. The van der Waals surface area contributed by atoms with E-state index in [0.29, 0.717) is 0 Å². The van der Waals surface area contributed by atoms with Crippen LogP contribution in [0, 0.1) is 11.7 Å². The van der Waals surface area contributed by atoms with Crippen molar-refractivity contribution in [1.29, 1.82) is 0 Å². The van der Waals surface area contributed by atoms with E-state index in [-0.39, 0.29) is 29.6 Å². The van der Waals surface area contributed by atoms with Gasteiger partial charge >= 0.3 is 0 Å². The summed E-state index contributed by atoms with van der Waals surface area (Å²) >= 11 is 0. The van der Waals surface area contributed by atoms with Gasteiger partial charge in [0.2, 0.25) is 5.91 Å². The molecule has 2 aromatic rings. The van der Waals surface area contributed by atoms with Crippen LogP contribution in [-0.2, 0) is 17.8 Å². The largest absolute Gasteiger partial charge is 0.351 e. The summed E-state index contributed by atoms with van der Waals surface area (Å²) in [7, 11) is 0. The Kier molecular flexibility index (Phi) is 3.21. The second kappa shape index (κ2) is 5.23. The lowest BCUT2D eigenvalue weighted by Gasteiger charge is -2.24. The highest BCUT2D eigenvalue weighted by atomic mass is 19.1. The van der Waals surface area contributed by atoms with Crippen LogP contribution in [0.25, 0.3) is 0 Å². The number of nitrogens with one attached hydrogen (secondary N) is 1. The van der Waals surface area contributed by atoms with Gasteiger partial charge in [-0.05, 0) is 36.5 Å². The first kappa shape index (κ1) is 13.5. The Bertz CT molecular complexity index is 694. The molecule has 4 rings (SSSR count). The number of nitrogens with zero attached hydrogens (tertiary/aromatic N) is 2. The fraction of sp³-hybridized carbons (Fsp3) is 0.412. The van der Waals surface area contributed by atoms with E-state index < -0.39 is 0 Å². The predicted molar refractivity (Wildman–Crippen MR) is 79.7 cm³/mol. The Morgan fingerprint density at radius 3 is 2.95 bits per heavy atom. The second-order valence-corrected chi connectivity index (χ2v) is 6.24. The molecule has 2 heterocycles. The van der Waals surface area contributed by atoms with Crippen LogP contribution in [0.15, 0.2) is 36.7 Å². The summed E-state index contributed by atoms with van der Waals surface area (Å²) < 4.78 is 15.1. The molecule has 1 aliphatic heterocycles. The number of hydrogen-bond acceptors (Lipinski definition) is 2. The summed E-state index contributed by atoms with van der Waals surface area (Å²) in [6.07, 6.45) is 6.48. The van der Waals surface area contributed by atoms with Crippen LogP contribution < -0.4 is 5.32 Å². The maximum Gasteiger partial charge on any atom is 0.224 e. The quantitative estimate of drug-likeness (QED) is 0.945. The first-order valence-corrected chi connectivity index (χ1v) is 7.76. The summed E-state index contributed by atoms with van der Waals surface area (Å²) in [5.41, 5.74) is 1.06. The van der Waals surface area contributed by atoms with Crippen LogP contribution in [0.4, 0.5) is 4.39 Å². The summed E-state index contributed by atoms with van der Waals surface area (Å²) in [5, 5.41) is 3.16. The van der Waals surface area contributed by atoms with E-state index in [1.807, 2.05) is 12.4 Å². The first-order chi connectivity index (χ1) is 10.7. The highest BCUT2D eigenvalue weighted by molar-refractivity contribution is 5.83. The minimum atomic E-state index is -0.233. The molecule has 1 saturated carbocycles. The number of imidazole rings is 1. The fourth-order valence-electron chi connectivity index (χ4n) is 3.36. The zero-order valence-electron chi connectivity index (χ0n) is 12.2. The molecule has 0 radical (unpaired) electrons. The third-order valence-corrected chi connectivity index (χ3v) is 4.71. The normalized spacial score (nSPS) is 26.3. The molecule has 0 saturated heterocycles. The van der Waals surface area contributed by atoms with Crippen LogP contribution in [0.1, 0.15) is 30.1 Å². The van der Waals surface area contributed by atoms with Crippen molar-refractivity contribution in [2.24, 2.45) is 5.92 Å². The van der Waals surface area contributed by atoms with E-state index in [1.165, 1.54) is 12.1 Å². The zero-order chi connectivity index (χ0) is 15.1. The van der Waals surface area contributed by atoms with Gasteiger partial charge < -0.3 is 9.88 Å². The van der Waals surface area contributed by atoms with Crippen molar-refractivity contribution in [2.75, 3.05) is 0 Å². The third kappa shape index (κ3) is 2.51. The molecule has 0 unspecified atom stereocenters. The number of carbonyl (C=O) groups excluding carboxylic acids is 1. The number of amides is 1. The number of benzene rings is 1. The van der Waals surface area contributed by atoms with Gasteiger partial charge in [0.05, 0.1) is 0 Å². The van der Waals surface area contributed by atoms with Gasteiger partial charge in [0.25, 0.3) is 0 Å². The van der Waals surface area contributed by atoms with E-state index in [1.54, 1.807) is 12.1 Å². The standard InChI is InChI=1S/C17H18FN3O/c18-12-3-1-11(2-4-12)14-9-15(14)17(22)20-13-5-6-16-19-7-8-21(16)10-13/h1-4,7-8,13-15H,5-6,9-10H2,(H,20,22)/t13-,14+,15-/m1/s1. The van der Waals surface area contributed by atoms with Gasteiger partial charge in [-0.15, -0.1) is 0 Å². The van der Waals surface area contributed by atoms with E-state index in [4.69, 9.17) is 0 Å². The number of carbonyl (C=O) groups is 1. The molecular weight excluding hydrogens is 281 g/mol. The van der Waals surface area contributed by atoms with Crippen LogP contribution in [0.3, 0.4) is 0 Å². The Hall–Kier alpha value is -2.17. The van der Waals surface area contributed by atoms with Crippen molar-refractivity contribution >= 4 is 5.91 Å². The highest BCUT2D eigenvalue weighted by Crippen LogP contribution is 2.47. The lowest BCUT2D eigenvalue weighted by molar-refractivity contribution is -0.123. The molecule has 0 spiro atoms. The summed E-state index contributed by atoms with van der Waals surface area (Å²) in [6, 6.07) is 6.68. The molecule has 1 aromatic carbocycles. The van der Waals surface area contributed by atoms with Gasteiger partial charge in [0.1, 0.15) is 11.6 Å². The molecular formula is C17H18FN3O. The van der Waals surface area contributed by atoms with E-state index >= 15 is 0 Å². The first-order valence-electron chi connectivity index (χ1n) is 7.76. The molecule has 3 atom stereocenters. The Morgan fingerprint density at radius 1 is 1.32 bits per heavy atom. The number of aryl methyl sites for hydroxylation is 1. The average molecular weight is 299 g/mol. The number of fused-ring (bicyclic) bond motifs is 1. The van der Waals surface area contributed by atoms with Gasteiger partial charge in [-0.2, -0.15) is 0 Å². The lowest BCUT2D eigenvalue weighted by atomic mass is 10.1. The molecule has 2 aliphatic rings. The highest BCUT2D eigenvalue weighted by Gasteiger charge is 2.44. The van der Waals surface area contributed by atoms with Gasteiger partial charge in [-0.25, -0.2) is 9.37 Å². The van der Waals surface area contributed by atoms with Gasteiger partial charge in [-0.3, -0.25) is 4.79 Å². The van der Waals surface area contributed by atoms with E-state index in [2.05, 4.69) is 14.9 Å². The van der Waals surface area contributed by atoms with E-state index in [0.717, 1.165) is 37.2 Å². The van der Waals surface area contributed by atoms with Crippen LogP contribution >= 0.6 is 0 Å². The Balaban J connectivity index is 1.35. The summed E-state index contributed by atoms with van der Waals surface area (Å²) in [4.78, 5) is 16.7. The molecule has 1 amide bonds. The molecule has 1 aromatic heterocycles. The molecule has 1 fully saturated rings. The molecule has 5 heteroatoms. The van der Waals surface area contributed by atoms with E-state index in [9.17, 15) is 9.18 Å². The fourth-order valence-corrected chi connectivity index (χ4v) is 3.36.